The molecule has 1 aliphatic heterocycles. The maximum Gasteiger partial charge on any atom is 0.269 e. The van der Waals surface area contributed by atoms with E-state index >= 15 is 0 Å². The Labute approximate surface area is 158 Å². The Kier molecular flexibility index (Phi) is 5.71. The van der Waals surface area contributed by atoms with Gasteiger partial charge in [0.2, 0.25) is 5.91 Å². The van der Waals surface area contributed by atoms with Crippen LogP contribution in [0.4, 0.5) is 17.1 Å². The summed E-state index contributed by atoms with van der Waals surface area (Å²) in [7, 11) is 0. The average molecular weight is 368 g/mol. The highest BCUT2D eigenvalue weighted by molar-refractivity contribution is 5.93. The number of hydrogen-bond donors (Lipinski definition) is 1. The topological polar surface area (TPSA) is 78.7 Å². The maximum atomic E-state index is 12.4. The van der Waals surface area contributed by atoms with E-state index < -0.39 is 4.92 Å². The minimum Gasteiger partial charge on any atom is -0.369 e. The molecule has 2 aromatic rings. The van der Waals surface area contributed by atoms with E-state index in [-0.39, 0.29) is 11.6 Å². The second-order valence-corrected chi connectivity index (χ2v) is 6.83. The monoisotopic (exact) mass is 368 g/mol. The number of nitrogens with zero attached hydrogens (tertiary/aromatic N) is 3. The molecular formula is C20H24N4O3. The highest BCUT2D eigenvalue weighted by Gasteiger charge is 2.20. The van der Waals surface area contributed by atoms with Crippen LogP contribution in [-0.4, -0.2) is 48.5 Å². The van der Waals surface area contributed by atoms with Crippen molar-refractivity contribution in [3.63, 3.8) is 0 Å². The number of anilines is 2. The lowest BCUT2D eigenvalue weighted by Crippen LogP contribution is -2.48. The van der Waals surface area contributed by atoms with Crippen LogP contribution in [-0.2, 0) is 4.79 Å². The molecule has 1 N–H and O–H groups in total. The zero-order valence-electron chi connectivity index (χ0n) is 15.6. The van der Waals surface area contributed by atoms with Crippen LogP contribution in [0, 0.1) is 24.0 Å². The van der Waals surface area contributed by atoms with Gasteiger partial charge < -0.3 is 10.2 Å². The molecule has 0 aliphatic carbocycles. The molecule has 3 rings (SSSR count). The number of rotatable bonds is 5. The summed E-state index contributed by atoms with van der Waals surface area (Å²) in [5, 5.41) is 13.8. The summed E-state index contributed by atoms with van der Waals surface area (Å²) >= 11 is 0. The second kappa shape index (κ2) is 8.18. The van der Waals surface area contributed by atoms with Gasteiger partial charge in [0.1, 0.15) is 0 Å². The van der Waals surface area contributed by atoms with E-state index in [1.54, 1.807) is 12.1 Å². The zero-order chi connectivity index (χ0) is 19.4. The standard InChI is InChI=1S/C20H24N4O3/c1-15-4-3-5-19(16(15)2)21-20(25)14-22-10-12-23(13-11-22)17-6-8-18(9-7-17)24(26)27/h3-9H,10-14H2,1-2H3,(H,21,25). The molecule has 1 fully saturated rings. The Balaban J connectivity index is 1.51. The molecule has 0 saturated carbocycles. The normalized spacial score (nSPS) is 14.8. The number of benzene rings is 2. The van der Waals surface area contributed by atoms with Crippen molar-refractivity contribution in [1.82, 2.24) is 4.90 Å². The van der Waals surface area contributed by atoms with E-state index in [4.69, 9.17) is 0 Å². The van der Waals surface area contributed by atoms with Crippen molar-refractivity contribution >= 4 is 23.0 Å². The van der Waals surface area contributed by atoms with Crippen molar-refractivity contribution < 1.29 is 9.72 Å². The number of non-ortho nitro benzene ring substituents is 1. The van der Waals surface area contributed by atoms with Gasteiger partial charge in [0.05, 0.1) is 11.5 Å². The van der Waals surface area contributed by atoms with E-state index in [0.29, 0.717) is 6.54 Å². The van der Waals surface area contributed by atoms with E-state index in [9.17, 15) is 14.9 Å². The highest BCUT2D eigenvalue weighted by atomic mass is 16.6. The van der Waals surface area contributed by atoms with Crippen LogP contribution in [0.2, 0.25) is 0 Å². The van der Waals surface area contributed by atoms with Gasteiger partial charge in [-0.3, -0.25) is 19.8 Å². The van der Waals surface area contributed by atoms with Gasteiger partial charge in [-0.05, 0) is 43.2 Å². The van der Waals surface area contributed by atoms with Gasteiger partial charge in [-0.15, -0.1) is 0 Å². The van der Waals surface area contributed by atoms with Gasteiger partial charge in [-0.1, -0.05) is 12.1 Å². The number of piperazine rings is 1. The molecular weight excluding hydrogens is 344 g/mol. The minimum atomic E-state index is -0.393. The molecule has 1 saturated heterocycles. The molecule has 0 atom stereocenters. The number of nitro groups is 1. The van der Waals surface area contributed by atoms with Crippen molar-refractivity contribution in [1.29, 1.82) is 0 Å². The first-order valence-electron chi connectivity index (χ1n) is 9.02. The predicted octanol–water partition coefficient (Wildman–Crippen LogP) is 2.97. The van der Waals surface area contributed by atoms with Crippen molar-refractivity contribution in [2.45, 2.75) is 13.8 Å². The lowest BCUT2D eigenvalue weighted by Gasteiger charge is -2.35. The lowest BCUT2D eigenvalue weighted by molar-refractivity contribution is -0.384. The summed E-state index contributed by atoms with van der Waals surface area (Å²) in [5.74, 6) is -0.00696. The summed E-state index contributed by atoms with van der Waals surface area (Å²) in [6.07, 6.45) is 0. The van der Waals surface area contributed by atoms with Gasteiger partial charge >= 0.3 is 0 Å². The Bertz CT molecular complexity index is 828. The summed E-state index contributed by atoms with van der Waals surface area (Å²) in [6.45, 7) is 7.52. The van der Waals surface area contributed by atoms with E-state index in [0.717, 1.165) is 48.7 Å². The number of carbonyl (C=O) groups is 1. The third-order valence-electron chi connectivity index (χ3n) is 5.04. The maximum absolute atomic E-state index is 12.4. The van der Waals surface area contributed by atoms with Crippen LogP contribution in [0.1, 0.15) is 11.1 Å². The first-order valence-corrected chi connectivity index (χ1v) is 9.02. The minimum absolute atomic E-state index is 0.00696. The Morgan fingerprint density at radius 1 is 1.07 bits per heavy atom. The molecule has 0 unspecified atom stereocenters. The van der Waals surface area contributed by atoms with Crippen LogP contribution < -0.4 is 10.2 Å². The molecule has 1 amide bonds. The van der Waals surface area contributed by atoms with Gasteiger partial charge in [-0.2, -0.15) is 0 Å². The van der Waals surface area contributed by atoms with Crippen molar-refractivity contribution in [3.8, 4) is 0 Å². The van der Waals surface area contributed by atoms with E-state index in [1.807, 2.05) is 32.0 Å². The first-order chi connectivity index (χ1) is 12.9. The highest BCUT2D eigenvalue weighted by Crippen LogP contribution is 2.21. The summed E-state index contributed by atoms with van der Waals surface area (Å²) in [6, 6.07) is 12.5. The van der Waals surface area contributed by atoms with Crippen molar-refractivity contribution in [2.24, 2.45) is 0 Å². The third kappa shape index (κ3) is 4.62. The van der Waals surface area contributed by atoms with Crippen LogP contribution in [0.3, 0.4) is 0 Å². The number of nitro benzene ring substituents is 1. The molecule has 2 aromatic carbocycles. The molecule has 0 spiro atoms. The number of amides is 1. The number of nitrogens with one attached hydrogen (secondary N) is 1. The fourth-order valence-electron chi connectivity index (χ4n) is 3.23. The molecule has 0 bridgehead atoms. The fraction of sp³-hybridized carbons (Fsp3) is 0.350. The molecule has 27 heavy (non-hydrogen) atoms. The van der Waals surface area contributed by atoms with Crippen LogP contribution in [0.15, 0.2) is 42.5 Å². The van der Waals surface area contributed by atoms with Crippen LogP contribution in [0.25, 0.3) is 0 Å². The van der Waals surface area contributed by atoms with Gasteiger partial charge in [0.15, 0.2) is 0 Å². The van der Waals surface area contributed by atoms with Crippen molar-refractivity contribution in [2.75, 3.05) is 42.9 Å². The quantitative estimate of drug-likeness (QED) is 0.648. The summed E-state index contributed by atoms with van der Waals surface area (Å²) in [5.41, 5.74) is 4.18. The molecule has 142 valence electrons. The van der Waals surface area contributed by atoms with E-state index in [1.165, 1.54) is 12.1 Å². The lowest BCUT2D eigenvalue weighted by atomic mass is 10.1. The number of aryl methyl sites for hydroxylation is 1. The Morgan fingerprint density at radius 3 is 2.37 bits per heavy atom. The molecule has 0 radical (unpaired) electrons. The summed E-state index contributed by atoms with van der Waals surface area (Å²) < 4.78 is 0. The van der Waals surface area contributed by atoms with Gasteiger partial charge in [0, 0.05) is 49.7 Å². The largest absolute Gasteiger partial charge is 0.369 e. The molecule has 7 nitrogen and oxygen atoms in total. The summed E-state index contributed by atoms with van der Waals surface area (Å²) in [4.78, 5) is 27.0. The van der Waals surface area contributed by atoms with Crippen LogP contribution >= 0.6 is 0 Å². The second-order valence-electron chi connectivity index (χ2n) is 6.83. The smallest absolute Gasteiger partial charge is 0.269 e. The molecule has 1 heterocycles. The number of hydrogen-bond acceptors (Lipinski definition) is 5. The average Bonchev–Trinajstić information content (AvgIpc) is 2.66. The third-order valence-corrected chi connectivity index (χ3v) is 5.04. The SMILES string of the molecule is Cc1cccc(NC(=O)CN2CCN(c3ccc([N+](=O)[O-])cc3)CC2)c1C. The predicted molar refractivity (Wildman–Crippen MR) is 106 cm³/mol. The van der Waals surface area contributed by atoms with Gasteiger partial charge in [-0.25, -0.2) is 0 Å². The van der Waals surface area contributed by atoms with Crippen molar-refractivity contribution in [3.05, 3.63) is 63.7 Å². The number of carbonyl (C=O) groups excluding carboxylic acids is 1. The van der Waals surface area contributed by atoms with E-state index in [2.05, 4.69) is 15.1 Å². The molecule has 7 heteroatoms. The zero-order valence-corrected chi connectivity index (χ0v) is 15.6. The van der Waals surface area contributed by atoms with Crippen LogP contribution in [0.5, 0.6) is 0 Å². The first kappa shape index (κ1) is 18.8. The van der Waals surface area contributed by atoms with Gasteiger partial charge in [0.25, 0.3) is 5.69 Å². The Morgan fingerprint density at radius 2 is 1.74 bits per heavy atom. The molecule has 1 aliphatic rings. The molecule has 0 aromatic heterocycles. The fourth-order valence-corrected chi connectivity index (χ4v) is 3.23. The Hall–Kier alpha value is -2.93.